The van der Waals surface area contributed by atoms with Crippen molar-refractivity contribution in [2.75, 3.05) is 5.73 Å². The molecule has 0 saturated heterocycles. The van der Waals surface area contributed by atoms with E-state index in [1.54, 1.807) is 0 Å². The number of rotatable bonds is 3. The molecule has 1 aliphatic carbocycles. The number of carbonyl (C=O) groups is 1. The van der Waals surface area contributed by atoms with Gasteiger partial charge in [-0.05, 0) is 18.9 Å². The third kappa shape index (κ3) is 2.46. The quantitative estimate of drug-likeness (QED) is 0.901. The standard InChI is InChI=1S/C14H15N3OS/c1-8-12(19-14(15)16-8)13(18)17-11-7-10(11)9-5-3-2-4-6-9/h2-6,10-11H,7H2,1H3,(H2,15,16)(H,17,18). The molecule has 5 heteroatoms. The number of benzene rings is 1. The lowest BCUT2D eigenvalue weighted by atomic mass is 10.1. The Hall–Kier alpha value is -1.88. The number of carbonyl (C=O) groups excluding carboxylic acids is 1. The van der Waals surface area contributed by atoms with Crippen LogP contribution in [0.4, 0.5) is 5.13 Å². The summed E-state index contributed by atoms with van der Waals surface area (Å²) < 4.78 is 0. The summed E-state index contributed by atoms with van der Waals surface area (Å²) in [5.41, 5.74) is 7.60. The Labute approximate surface area is 115 Å². The van der Waals surface area contributed by atoms with Crippen molar-refractivity contribution in [2.45, 2.75) is 25.3 Å². The van der Waals surface area contributed by atoms with Crippen molar-refractivity contribution in [3.05, 3.63) is 46.5 Å². The van der Waals surface area contributed by atoms with Crippen LogP contribution >= 0.6 is 11.3 Å². The Morgan fingerprint density at radius 2 is 2.16 bits per heavy atom. The number of nitrogens with one attached hydrogen (secondary N) is 1. The van der Waals surface area contributed by atoms with Crippen molar-refractivity contribution in [3.63, 3.8) is 0 Å². The summed E-state index contributed by atoms with van der Waals surface area (Å²) >= 11 is 1.24. The molecule has 1 aromatic carbocycles. The zero-order chi connectivity index (χ0) is 13.4. The van der Waals surface area contributed by atoms with E-state index in [0.717, 1.165) is 6.42 Å². The predicted molar refractivity (Wildman–Crippen MR) is 76.3 cm³/mol. The molecule has 2 unspecified atom stereocenters. The Kier molecular flexibility index (Phi) is 2.98. The first-order valence-corrected chi connectivity index (χ1v) is 7.05. The monoisotopic (exact) mass is 273 g/mol. The van der Waals surface area contributed by atoms with Crippen molar-refractivity contribution in [2.24, 2.45) is 0 Å². The second kappa shape index (κ2) is 4.66. The van der Waals surface area contributed by atoms with Gasteiger partial charge in [-0.15, -0.1) is 0 Å². The first-order valence-electron chi connectivity index (χ1n) is 6.24. The summed E-state index contributed by atoms with van der Waals surface area (Å²) in [6.45, 7) is 1.81. The highest BCUT2D eigenvalue weighted by molar-refractivity contribution is 7.17. The van der Waals surface area contributed by atoms with E-state index in [1.165, 1.54) is 16.9 Å². The molecule has 1 saturated carbocycles. The smallest absolute Gasteiger partial charge is 0.263 e. The minimum absolute atomic E-state index is 0.0601. The van der Waals surface area contributed by atoms with E-state index in [4.69, 9.17) is 5.73 Å². The Balaban J connectivity index is 1.65. The van der Waals surface area contributed by atoms with Crippen molar-refractivity contribution >= 4 is 22.4 Å². The minimum Gasteiger partial charge on any atom is -0.375 e. The molecule has 3 rings (SSSR count). The van der Waals surface area contributed by atoms with Gasteiger partial charge in [0.15, 0.2) is 5.13 Å². The number of nitrogen functional groups attached to an aromatic ring is 1. The van der Waals surface area contributed by atoms with Gasteiger partial charge >= 0.3 is 0 Å². The van der Waals surface area contributed by atoms with Gasteiger partial charge in [0, 0.05) is 12.0 Å². The molecule has 19 heavy (non-hydrogen) atoms. The number of aromatic nitrogens is 1. The van der Waals surface area contributed by atoms with E-state index in [9.17, 15) is 4.79 Å². The number of nitrogens with two attached hydrogens (primary N) is 1. The minimum atomic E-state index is -0.0601. The van der Waals surface area contributed by atoms with Crippen LogP contribution < -0.4 is 11.1 Å². The Morgan fingerprint density at radius 1 is 1.42 bits per heavy atom. The summed E-state index contributed by atoms with van der Waals surface area (Å²) in [6.07, 6.45) is 1.00. The Morgan fingerprint density at radius 3 is 2.79 bits per heavy atom. The lowest BCUT2D eigenvalue weighted by Gasteiger charge is -2.03. The number of thiazole rings is 1. The maximum absolute atomic E-state index is 12.1. The van der Waals surface area contributed by atoms with Gasteiger partial charge in [0.25, 0.3) is 5.91 Å². The summed E-state index contributed by atoms with van der Waals surface area (Å²) in [5.74, 6) is 0.380. The summed E-state index contributed by atoms with van der Waals surface area (Å²) in [4.78, 5) is 16.8. The molecule has 1 heterocycles. The van der Waals surface area contributed by atoms with Gasteiger partial charge in [-0.1, -0.05) is 41.7 Å². The van der Waals surface area contributed by atoms with Crippen LogP contribution in [0.2, 0.25) is 0 Å². The van der Waals surface area contributed by atoms with Crippen molar-refractivity contribution < 1.29 is 4.79 Å². The SMILES string of the molecule is Cc1nc(N)sc1C(=O)NC1CC1c1ccccc1. The van der Waals surface area contributed by atoms with E-state index in [0.29, 0.717) is 21.6 Å². The lowest BCUT2D eigenvalue weighted by molar-refractivity contribution is 0.0953. The normalized spacial score (nSPS) is 21.1. The lowest BCUT2D eigenvalue weighted by Crippen LogP contribution is -2.26. The van der Waals surface area contributed by atoms with Crippen LogP contribution in [0, 0.1) is 6.92 Å². The van der Waals surface area contributed by atoms with Crippen molar-refractivity contribution in [3.8, 4) is 0 Å². The summed E-state index contributed by atoms with van der Waals surface area (Å²) in [5, 5.41) is 3.49. The third-order valence-corrected chi connectivity index (χ3v) is 4.34. The van der Waals surface area contributed by atoms with Gasteiger partial charge < -0.3 is 11.1 Å². The average Bonchev–Trinajstić information content (AvgIpc) is 3.07. The molecule has 1 fully saturated rings. The molecule has 1 amide bonds. The molecule has 2 aromatic rings. The molecule has 0 bridgehead atoms. The second-order valence-electron chi connectivity index (χ2n) is 4.80. The second-order valence-corrected chi connectivity index (χ2v) is 5.83. The fourth-order valence-electron chi connectivity index (χ4n) is 2.29. The number of anilines is 1. The predicted octanol–water partition coefficient (Wildman–Crippen LogP) is 2.32. The van der Waals surface area contributed by atoms with Crippen LogP contribution in [0.1, 0.15) is 33.3 Å². The van der Waals surface area contributed by atoms with Gasteiger partial charge in [0.2, 0.25) is 0 Å². The van der Waals surface area contributed by atoms with Crippen LogP contribution in [-0.2, 0) is 0 Å². The van der Waals surface area contributed by atoms with Crippen molar-refractivity contribution in [1.82, 2.24) is 10.3 Å². The van der Waals surface area contributed by atoms with E-state index in [1.807, 2.05) is 25.1 Å². The van der Waals surface area contributed by atoms with E-state index in [2.05, 4.69) is 22.4 Å². The summed E-state index contributed by atoms with van der Waals surface area (Å²) in [7, 11) is 0. The average molecular weight is 273 g/mol. The number of hydrogen-bond acceptors (Lipinski definition) is 4. The fourth-order valence-corrected chi connectivity index (χ4v) is 3.02. The number of hydrogen-bond donors (Lipinski definition) is 2. The van der Waals surface area contributed by atoms with E-state index >= 15 is 0 Å². The van der Waals surface area contributed by atoms with E-state index in [-0.39, 0.29) is 11.9 Å². The largest absolute Gasteiger partial charge is 0.375 e. The molecule has 0 aliphatic heterocycles. The Bertz CT molecular complexity index is 608. The van der Waals surface area contributed by atoms with Crippen LogP contribution in [0.3, 0.4) is 0 Å². The molecular weight excluding hydrogens is 258 g/mol. The highest BCUT2D eigenvalue weighted by Crippen LogP contribution is 2.40. The highest BCUT2D eigenvalue weighted by Gasteiger charge is 2.39. The number of aryl methyl sites for hydroxylation is 1. The molecule has 1 aromatic heterocycles. The van der Waals surface area contributed by atoms with Crippen LogP contribution in [0.15, 0.2) is 30.3 Å². The van der Waals surface area contributed by atoms with Gasteiger partial charge in [-0.25, -0.2) is 4.98 Å². The maximum atomic E-state index is 12.1. The number of nitrogens with zero attached hydrogens (tertiary/aromatic N) is 1. The molecule has 0 radical (unpaired) electrons. The highest BCUT2D eigenvalue weighted by atomic mass is 32.1. The van der Waals surface area contributed by atoms with Gasteiger partial charge in [-0.3, -0.25) is 4.79 Å². The van der Waals surface area contributed by atoms with Gasteiger partial charge in [0.1, 0.15) is 4.88 Å². The summed E-state index contributed by atoms with van der Waals surface area (Å²) in [6, 6.07) is 10.5. The molecular formula is C14H15N3OS. The van der Waals surface area contributed by atoms with Gasteiger partial charge in [0.05, 0.1) is 5.69 Å². The molecule has 0 spiro atoms. The zero-order valence-corrected chi connectivity index (χ0v) is 11.4. The molecule has 4 nitrogen and oxygen atoms in total. The molecule has 2 atom stereocenters. The molecule has 1 aliphatic rings. The topological polar surface area (TPSA) is 68.0 Å². The third-order valence-electron chi connectivity index (χ3n) is 3.35. The maximum Gasteiger partial charge on any atom is 0.263 e. The van der Waals surface area contributed by atoms with Crippen LogP contribution in [-0.4, -0.2) is 16.9 Å². The molecule has 98 valence electrons. The first-order chi connectivity index (χ1) is 9.15. The van der Waals surface area contributed by atoms with Crippen LogP contribution in [0.25, 0.3) is 0 Å². The van der Waals surface area contributed by atoms with Gasteiger partial charge in [-0.2, -0.15) is 0 Å². The van der Waals surface area contributed by atoms with Crippen LogP contribution in [0.5, 0.6) is 0 Å². The zero-order valence-electron chi connectivity index (χ0n) is 10.6. The number of amides is 1. The van der Waals surface area contributed by atoms with E-state index < -0.39 is 0 Å². The fraction of sp³-hybridized carbons (Fsp3) is 0.286. The first kappa shape index (κ1) is 12.2. The van der Waals surface area contributed by atoms with Crippen molar-refractivity contribution in [1.29, 1.82) is 0 Å². The molecule has 3 N–H and O–H groups in total.